The van der Waals surface area contributed by atoms with Gasteiger partial charge in [-0.1, -0.05) is 0 Å². The molecule has 2 unspecified atom stereocenters. The van der Waals surface area contributed by atoms with Crippen molar-refractivity contribution in [2.45, 2.75) is 51.6 Å². The molecular formula is C16H25N3OS. The first kappa shape index (κ1) is 14.9. The van der Waals surface area contributed by atoms with Crippen molar-refractivity contribution in [3.05, 3.63) is 10.4 Å². The van der Waals surface area contributed by atoms with Crippen LogP contribution in [0.2, 0.25) is 0 Å². The predicted molar refractivity (Wildman–Crippen MR) is 89.6 cm³/mol. The molecule has 116 valence electrons. The van der Waals surface area contributed by atoms with Gasteiger partial charge in [-0.15, -0.1) is 11.3 Å². The SMILES string of the molecule is CC(=O)c1sc(N2CC(C)N(C)C(C)C2)c(C2CC2)c1N. The van der Waals surface area contributed by atoms with Gasteiger partial charge in [0.25, 0.3) is 0 Å². The predicted octanol–water partition coefficient (Wildman–Crippen LogP) is 2.94. The van der Waals surface area contributed by atoms with Gasteiger partial charge in [-0.05, 0) is 39.7 Å². The third-order valence-corrected chi connectivity index (χ3v) is 6.30. The molecule has 1 saturated carbocycles. The lowest BCUT2D eigenvalue weighted by Crippen LogP contribution is -2.55. The van der Waals surface area contributed by atoms with Gasteiger partial charge in [0.15, 0.2) is 5.78 Å². The van der Waals surface area contributed by atoms with Crippen LogP contribution in [0.25, 0.3) is 0 Å². The molecule has 21 heavy (non-hydrogen) atoms. The van der Waals surface area contributed by atoms with Gasteiger partial charge in [0, 0.05) is 37.7 Å². The van der Waals surface area contributed by atoms with Crippen molar-refractivity contribution in [2.75, 3.05) is 30.8 Å². The number of ketones is 1. The van der Waals surface area contributed by atoms with E-state index in [-0.39, 0.29) is 5.78 Å². The molecule has 0 spiro atoms. The van der Waals surface area contributed by atoms with Gasteiger partial charge < -0.3 is 10.6 Å². The fourth-order valence-corrected chi connectivity index (χ4v) is 4.50. The Morgan fingerprint density at radius 3 is 2.29 bits per heavy atom. The second kappa shape index (κ2) is 5.29. The minimum Gasteiger partial charge on any atom is -0.397 e. The number of nitrogens with two attached hydrogens (primary N) is 1. The lowest BCUT2D eigenvalue weighted by Gasteiger charge is -2.43. The molecule has 0 radical (unpaired) electrons. The summed E-state index contributed by atoms with van der Waals surface area (Å²) in [7, 11) is 2.19. The average Bonchev–Trinajstić information content (AvgIpc) is 3.18. The summed E-state index contributed by atoms with van der Waals surface area (Å²) in [6.45, 7) is 8.18. The zero-order valence-corrected chi connectivity index (χ0v) is 14.2. The topological polar surface area (TPSA) is 49.6 Å². The number of thiophene rings is 1. The van der Waals surface area contributed by atoms with Crippen LogP contribution in [0.3, 0.4) is 0 Å². The highest BCUT2D eigenvalue weighted by atomic mass is 32.1. The zero-order valence-electron chi connectivity index (χ0n) is 13.3. The van der Waals surface area contributed by atoms with Crippen LogP contribution < -0.4 is 10.6 Å². The normalized spacial score (nSPS) is 27.1. The molecule has 2 aliphatic rings. The second-order valence-electron chi connectivity index (χ2n) is 6.66. The Kier molecular flexibility index (Phi) is 3.74. The van der Waals surface area contributed by atoms with Gasteiger partial charge in [0.05, 0.1) is 15.6 Å². The zero-order chi connectivity index (χ0) is 15.3. The van der Waals surface area contributed by atoms with Crippen molar-refractivity contribution in [1.29, 1.82) is 0 Å². The van der Waals surface area contributed by atoms with Gasteiger partial charge in [-0.3, -0.25) is 9.69 Å². The Balaban J connectivity index is 1.98. The number of carbonyl (C=O) groups excluding carboxylic acids is 1. The van der Waals surface area contributed by atoms with E-state index in [4.69, 9.17) is 5.73 Å². The Morgan fingerprint density at radius 2 is 1.81 bits per heavy atom. The summed E-state index contributed by atoms with van der Waals surface area (Å²) in [6.07, 6.45) is 2.42. The van der Waals surface area contributed by atoms with Gasteiger partial charge in [-0.25, -0.2) is 0 Å². The number of nitrogens with zero attached hydrogens (tertiary/aromatic N) is 2. The summed E-state index contributed by atoms with van der Waals surface area (Å²) in [6, 6.07) is 1.04. The quantitative estimate of drug-likeness (QED) is 0.872. The van der Waals surface area contributed by atoms with E-state index < -0.39 is 0 Å². The second-order valence-corrected chi connectivity index (χ2v) is 7.66. The maximum Gasteiger partial charge on any atom is 0.171 e. The van der Waals surface area contributed by atoms with Crippen LogP contribution in [0.4, 0.5) is 10.7 Å². The molecule has 1 saturated heterocycles. The van der Waals surface area contributed by atoms with E-state index in [1.807, 2.05) is 0 Å². The molecule has 4 nitrogen and oxygen atoms in total. The molecule has 2 heterocycles. The molecule has 1 aliphatic heterocycles. The van der Waals surface area contributed by atoms with Crippen LogP contribution in [0.1, 0.15) is 54.8 Å². The summed E-state index contributed by atoms with van der Waals surface area (Å²) in [4.78, 5) is 17.5. The van der Waals surface area contributed by atoms with E-state index in [1.54, 1.807) is 18.3 Å². The van der Waals surface area contributed by atoms with E-state index >= 15 is 0 Å². The third-order valence-electron chi connectivity index (χ3n) is 4.92. The van der Waals surface area contributed by atoms with E-state index in [9.17, 15) is 4.79 Å². The molecule has 0 aromatic carbocycles. The number of rotatable bonds is 3. The van der Waals surface area contributed by atoms with Gasteiger partial charge >= 0.3 is 0 Å². The summed E-state index contributed by atoms with van der Waals surface area (Å²) in [5, 5.41) is 1.26. The van der Waals surface area contributed by atoms with Crippen molar-refractivity contribution in [1.82, 2.24) is 4.90 Å². The molecule has 2 atom stereocenters. The van der Waals surface area contributed by atoms with Crippen molar-refractivity contribution in [3.8, 4) is 0 Å². The Hall–Kier alpha value is -1.07. The number of anilines is 2. The fraction of sp³-hybridized carbons (Fsp3) is 0.688. The van der Waals surface area contributed by atoms with Crippen LogP contribution in [0.5, 0.6) is 0 Å². The first-order chi connectivity index (χ1) is 9.90. The molecule has 1 aromatic heterocycles. The highest BCUT2D eigenvalue weighted by Gasteiger charge is 2.36. The Bertz CT molecular complexity index is 552. The monoisotopic (exact) mass is 307 g/mol. The standard InChI is InChI=1S/C16H25N3OS/c1-9-7-19(8-10(2)18(9)4)16-13(12-5-6-12)14(17)15(21-16)11(3)20/h9-10,12H,5-8,17H2,1-4H3. The number of likely N-dealkylation sites (N-methyl/N-ethyl adjacent to an activating group) is 1. The molecule has 2 fully saturated rings. The molecule has 5 heteroatoms. The number of hydrogen-bond donors (Lipinski definition) is 1. The number of hydrogen-bond acceptors (Lipinski definition) is 5. The average molecular weight is 307 g/mol. The van der Waals surface area contributed by atoms with E-state index in [0.717, 1.165) is 23.7 Å². The lowest BCUT2D eigenvalue weighted by atomic mass is 10.1. The van der Waals surface area contributed by atoms with Crippen LogP contribution in [0, 0.1) is 0 Å². The third kappa shape index (κ3) is 2.57. The van der Waals surface area contributed by atoms with E-state index in [1.165, 1.54) is 23.4 Å². The van der Waals surface area contributed by atoms with Gasteiger partial charge in [0.1, 0.15) is 0 Å². The Labute approximate surface area is 130 Å². The molecule has 3 rings (SSSR count). The van der Waals surface area contributed by atoms with Crippen molar-refractivity contribution >= 4 is 27.8 Å². The van der Waals surface area contributed by atoms with Crippen LogP contribution >= 0.6 is 11.3 Å². The molecule has 0 bridgehead atoms. The van der Waals surface area contributed by atoms with Crippen LogP contribution in [-0.4, -0.2) is 42.9 Å². The van der Waals surface area contributed by atoms with Crippen LogP contribution in [0.15, 0.2) is 0 Å². The summed E-state index contributed by atoms with van der Waals surface area (Å²) in [5.41, 5.74) is 8.31. The van der Waals surface area contributed by atoms with E-state index in [0.29, 0.717) is 18.0 Å². The summed E-state index contributed by atoms with van der Waals surface area (Å²) < 4.78 is 0. The fourth-order valence-electron chi connectivity index (χ4n) is 3.28. The van der Waals surface area contributed by atoms with Crippen molar-refractivity contribution in [3.63, 3.8) is 0 Å². The minimum atomic E-state index is 0.0980. The smallest absolute Gasteiger partial charge is 0.171 e. The van der Waals surface area contributed by atoms with Crippen molar-refractivity contribution in [2.24, 2.45) is 0 Å². The maximum atomic E-state index is 11.8. The van der Waals surface area contributed by atoms with Gasteiger partial charge in [-0.2, -0.15) is 0 Å². The highest BCUT2D eigenvalue weighted by Crippen LogP contribution is 2.52. The molecular weight excluding hydrogens is 282 g/mol. The Morgan fingerprint density at radius 1 is 1.24 bits per heavy atom. The summed E-state index contributed by atoms with van der Waals surface area (Å²) >= 11 is 1.61. The number of carbonyl (C=O) groups is 1. The molecule has 2 N–H and O–H groups in total. The first-order valence-corrected chi connectivity index (χ1v) is 8.61. The molecule has 0 amide bonds. The largest absolute Gasteiger partial charge is 0.397 e. The number of nitrogen functional groups attached to an aromatic ring is 1. The number of Topliss-reactive ketones (excluding diaryl/α,β-unsaturated/α-hetero) is 1. The maximum absolute atomic E-state index is 11.8. The minimum absolute atomic E-state index is 0.0980. The first-order valence-electron chi connectivity index (χ1n) is 7.80. The summed E-state index contributed by atoms with van der Waals surface area (Å²) in [5.74, 6) is 0.676. The van der Waals surface area contributed by atoms with Crippen molar-refractivity contribution < 1.29 is 4.79 Å². The van der Waals surface area contributed by atoms with E-state index in [2.05, 4.69) is 30.7 Å². The highest BCUT2D eigenvalue weighted by molar-refractivity contribution is 7.18. The van der Waals surface area contributed by atoms with Gasteiger partial charge in [0.2, 0.25) is 0 Å². The van der Waals surface area contributed by atoms with Crippen LogP contribution in [-0.2, 0) is 0 Å². The molecule has 1 aromatic rings. The number of piperazine rings is 1. The lowest BCUT2D eigenvalue weighted by molar-refractivity contribution is 0.102. The molecule has 1 aliphatic carbocycles.